The molecular weight excluding hydrogens is 959 g/mol. The van der Waals surface area contributed by atoms with Crippen LogP contribution in [0.5, 0.6) is 0 Å². The summed E-state index contributed by atoms with van der Waals surface area (Å²) in [5.41, 5.74) is 2.61. The Bertz CT molecular complexity index is 2810. The number of para-hydroxylation sites is 1. The number of pyridine rings is 1. The van der Waals surface area contributed by atoms with Gasteiger partial charge in [0.2, 0.25) is 41.4 Å². The van der Waals surface area contributed by atoms with Gasteiger partial charge in [-0.25, -0.2) is 0 Å². The van der Waals surface area contributed by atoms with Crippen molar-refractivity contribution < 1.29 is 33.6 Å². The molecule has 16 nitrogen and oxygen atoms in total. The summed E-state index contributed by atoms with van der Waals surface area (Å²) in [6.45, 7) is 17.7. The van der Waals surface area contributed by atoms with E-state index in [9.17, 15) is 9.59 Å². The second-order valence-electron chi connectivity index (χ2n) is 22.9. The van der Waals surface area contributed by atoms with Gasteiger partial charge in [0.15, 0.2) is 0 Å². The van der Waals surface area contributed by atoms with E-state index in [0.29, 0.717) is 18.4 Å². The normalized spacial score (nSPS) is 25.0. The van der Waals surface area contributed by atoms with E-state index in [1.54, 1.807) is 25.1 Å². The number of likely N-dealkylation sites (N-methyl/N-ethyl adjacent to an activating group) is 2. The first-order chi connectivity index (χ1) is 36.2. The lowest BCUT2D eigenvalue weighted by Crippen LogP contribution is -2.61. The molecule has 1 aliphatic carbocycles. The Hall–Kier alpha value is -6.84. The lowest BCUT2D eigenvalue weighted by Gasteiger charge is -2.39. The van der Waals surface area contributed by atoms with Gasteiger partial charge in [-0.3, -0.25) is 38.5 Å². The monoisotopic (exact) mass is 1040 g/mol. The molecule has 408 valence electrons. The zero-order chi connectivity index (χ0) is 55.0. The van der Waals surface area contributed by atoms with Crippen LogP contribution in [0.4, 0.5) is 0 Å². The number of nitrogens with one attached hydrogen (secondary N) is 4. The third kappa shape index (κ3) is 13.4. The number of hydrogen-bond donors (Lipinski definition) is 4. The summed E-state index contributed by atoms with van der Waals surface area (Å²) >= 11 is 0. The second-order valence-corrected chi connectivity index (χ2v) is 22.9. The van der Waals surface area contributed by atoms with Crippen LogP contribution in [0, 0.1) is 17.8 Å². The van der Waals surface area contributed by atoms with Crippen LogP contribution >= 0.6 is 0 Å². The molecule has 7 amide bonds. The van der Waals surface area contributed by atoms with Crippen molar-refractivity contribution in [3.8, 4) is 0 Å². The molecule has 0 unspecified atom stereocenters. The SMILES string of the molecule is C=CC(C)(C)n1cc(C[C@@H]2NC(=O)[C@H](CC3CCCC3)NC(=O)[C@H](CC(C)C)N3CC/C=C\C[C@@H](C3=O)N(C)C(=O)[C@H](C)NC(=O)[C@H](Cc3ccc4ncccc4c3)NC(=O)[C@H](CC(C)C)N(C)C2=O)c2ccccc21. The third-order valence-corrected chi connectivity index (χ3v) is 15.7. The Morgan fingerprint density at radius 3 is 2.09 bits per heavy atom. The molecular formula is C60H81N9O7. The quantitative estimate of drug-likeness (QED) is 0.112. The van der Waals surface area contributed by atoms with Crippen molar-refractivity contribution in [1.29, 1.82) is 0 Å². The molecule has 2 aliphatic heterocycles. The van der Waals surface area contributed by atoms with E-state index in [2.05, 4.69) is 37.4 Å². The third-order valence-electron chi connectivity index (χ3n) is 15.7. The zero-order valence-electron chi connectivity index (χ0n) is 46.1. The van der Waals surface area contributed by atoms with E-state index in [0.717, 1.165) is 53.1 Å². The van der Waals surface area contributed by atoms with Crippen molar-refractivity contribution in [3.63, 3.8) is 0 Å². The van der Waals surface area contributed by atoms with Crippen LogP contribution in [0.1, 0.15) is 117 Å². The molecule has 2 aromatic heterocycles. The van der Waals surface area contributed by atoms with Gasteiger partial charge in [0.1, 0.15) is 42.3 Å². The van der Waals surface area contributed by atoms with Crippen molar-refractivity contribution in [3.05, 3.63) is 103 Å². The van der Waals surface area contributed by atoms with Crippen molar-refractivity contribution in [2.45, 2.75) is 167 Å². The maximum absolute atomic E-state index is 15.6. The molecule has 1 saturated heterocycles. The largest absolute Gasteiger partial charge is 0.343 e. The van der Waals surface area contributed by atoms with E-state index in [1.807, 2.05) is 121 Å². The molecule has 0 radical (unpaired) electrons. The molecule has 4 N–H and O–H groups in total. The average Bonchev–Trinajstić information content (AvgIpc) is 4.05. The minimum atomic E-state index is -1.23. The number of benzene rings is 2. The van der Waals surface area contributed by atoms with Crippen LogP contribution in [0.15, 0.2) is 91.8 Å². The fourth-order valence-electron chi connectivity index (χ4n) is 11.3. The summed E-state index contributed by atoms with van der Waals surface area (Å²) in [6.07, 6.45) is 14.5. The summed E-state index contributed by atoms with van der Waals surface area (Å²) in [5.74, 6) is -3.84. The number of carbonyl (C=O) groups excluding carboxylic acids is 7. The summed E-state index contributed by atoms with van der Waals surface area (Å²) in [5, 5.41) is 13.8. The van der Waals surface area contributed by atoms with Gasteiger partial charge in [0, 0.05) is 62.2 Å². The van der Waals surface area contributed by atoms with Crippen molar-refractivity contribution >= 4 is 63.2 Å². The Kier molecular flexibility index (Phi) is 18.6. The van der Waals surface area contributed by atoms with Gasteiger partial charge in [-0.2, -0.15) is 0 Å². The molecule has 4 aromatic rings. The number of hydrogen-bond acceptors (Lipinski definition) is 8. The minimum absolute atomic E-state index is 0.0243. The van der Waals surface area contributed by atoms with Crippen LogP contribution in [-0.2, 0) is 51.9 Å². The van der Waals surface area contributed by atoms with Gasteiger partial charge >= 0.3 is 0 Å². The van der Waals surface area contributed by atoms with Gasteiger partial charge in [-0.05, 0) is 106 Å². The number of allylic oxidation sites excluding steroid dienone is 1. The predicted octanol–water partition coefficient (Wildman–Crippen LogP) is 6.74. The smallest absolute Gasteiger partial charge is 0.246 e. The Balaban J connectivity index is 1.36. The standard InChI is InChI=1S/C60H81N9O7/c1-11-60(7,8)69-36-43(44-23-16-17-24-49(44)69)35-48-58(75)67(10)51(30-37(2)3)55(72)63-47(34-41-26-27-45-42(32-41)22-19-28-61-45)53(70)62-39(6)57(74)66(9)50-25-13-12-18-29-68(59(50)76)52(31-38(4)5)56(73)64-46(54(71)65-48)33-40-20-14-15-21-40/h11-13,16-17,19,22-24,26-28,32,36-40,46-48,50-52H,1,14-15,18,20-21,25,29-31,33-35H2,2-10H3,(H,62,70)(H,63,72)(H,64,73)(H,65,71)/b13-12-/t39-,46-,47-,48-,50-,51-,52-/m0/s1. The highest BCUT2D eigenvalue weighted by Crippen LogP contribution is 2.32. The highest BCUT2D eigenvalue weighted by molar-refractivity contribution is 5.99. The molecule has 0 spiro atoms. The molecule has 3 aliphatic rings. The Labute approximate surface area is 448 Å². The average molecular weight is 1040 g/mol. The van der Waals surface area contributed by atoms with Crippen LogP contribution in [-0.4, -0.2) is 129 Å². The first kappa shape index (κ1) is 56.9. The number of amides is 7. The van der Waals surface area contributed by atoms with E-state index >= 15 is 24.0 Å². The fourth-order valence-corrected chi connectivity index (χ4v) is 11.3. The topological polar surface area (TPSA) is 195 Å². The van der Waals surface area contributed by atoms with E-state index in [1.165, 1.54) is 16.8 Å². The van der Waals surface area contributed by atoms with Crippen LogP contribution < -0.4 is 21.3 Å². The predicted molar refractivity (Wildman–Crippen MR) is 296 cm³/mol. The lowest BCUT2D eigenvalue weighted by atomic mass is 9.95. The molecule has 2 bridgehead atoms. The Morgan fingerprint density at radius 2 is 1.38 bits per heavy atom. The molecule has 7 rings (SSSR count). The van der Waals surface area contributed by atoms with Crippen molar-refractivity contribution in [2.75, 3.05) is 20.6 Å². The summed E-state index contributed by atoms with van der Waals surface area (Å²) in [6, 6.07) is 9.33. The maximum atomic E-state index is 15.6. The second kappa shape index (κ2) is 24.9. The maximum Gasteiger partial charge on any atom is 0.246 e. The molecule has 16 heteroatoms. The van der Waals surface area contributed by atoms with Crippen molar-refractivity contribution in [1.82, 2.24) is 45.5 Å². The van der Waals surface area contributed by atoms with Crippen molar-refractivity contribution in [2.24, 2.45) is 17.8 Å². The van der Waals surface area contributed by atoms with Crippen LogP contribution in [0.3, 0.4) is 0 Å². The summed E-state index contributed by atoms with van der Waals surface area (Å²) in [7, 11) is 3.07. The van der Waals surface area contributed by atoms with Crippen LogP contribution in [0.2, 0.25) is 0 Å². The molecule has 76 heavy (non-hydrogen) atoms. The molecule has 1 saturated carbocycles. The van der Waals surface area contributed by atoms with Crippen LogP contribution in [0.25, 0.3) is 21.8 Å². The first-order valence-corrected chi connectivity index (χ1v) is 27.4. The van der Waals surface area contributed by atoms with E-state index < -0.39 is 89.2 Å². The molecule has 2 fully saturated rings. The highest BCUT2D eigenvalue weighted by atomic mass is 16.2. The number of nitrogens with zero attached hydrogens (tertiary/aromatic N) is 5. The van der Waals surface area contributed by atoms with Gasteiger partial charge in [-0.1, -0.05) is 102 Å². The number of rotatable bonds is 12. The van der Waals surface area contributed by atoms with Gasteiger partial charge in [0.05, 0.1) is 11.1 Å². The lowest BCUT2D eigenvalue weighted by molar-refractivity contribution is -0.150. The Morgan fingerprint density at radius 1 is 0.724 bits per heavy atom. The number of aromatic nitrogens is 2. The number of fused-ring (bicyclic) bond motifs is 4. The summed E-state index contributed by atoms with van der Waals surface area (Å²) < 4.78 is 2.09. The number of carbonyl (C=O) groups is 7. The van der Waals surface area contributed by atoms with E-state index in [-0.39, 0.29) is 56.4 Å². The first-order valence-electron chi connectivity index (χ1n) is 27.4. The fraction of sp³-hybridized carbons (Fsp3) is 0.533. The highest BCUT2D eigenvalue weighted by Gasteiger charge is 2.42. The molecule has 4 heterocycles. The van der Waals surface area contributed by atoms with Gasteiger partial charge in [0.25, 0.3) is 0 Å². The summed E-state index contributed by atoms with van der Waals surface area (Å²) in [4.78, 5) is 114. The van der Waals surface area contributed by atoms with Gasteiger partial charge in [-0.15, -0.1) is 6.58 Å². The minimum Gasteiger partial charge on any atom is -0.343 e. The zero-order valence-corrected chi connectivity index (χ0v) is 46.1. The van der Waals surface area contributed by atoms with E-state index in [4.69, 9.17) is 0 Å². The van der Waals surface area contributed by atoms with Gasteiger partial charge < -0.3 is 40.5 Å². The molecule has 7 atom stereocenters. The molecule has 2 aromatic carbocycles.